The van der Waals surface area contributed by atoms with Gasteiger partial charge in [0.15, 0.2) is 5.13 Å². The Morgan fingerprint density at radius 1 is 1.11 bits per heavy atom. The maximum absolute atomic E-state index is 12.7. The Balaban J connectivity index is 1.88. The van der Waals surface area contributed by atoms with E-state index in [1.807, 2.05) is 24.3 Å². The lowest BCUT2D eigenvalue weighted by atomic mass is 10.1. The second kappa shape index (κ2) is 8.54. The highest BCUT2D eigenvalue weighted by atomic mass is 79.9. The first kappa shape index (κ1) is 19.4. The number of halogens is 1. The molecule has 0 atom stereocenters. The summed E-state index contributed by atoms with van der Waals surface area (Å²) in [6.07, 6.45) is 0.839. The molecule has 0 spiro atoms. The third-order valence-electron chi connectivity index (χ3n) is 3.97. The van der Waals surface area contributed by atoms with Gasteiger partial charge in [0, 0.05) is 26.5 Å². The summed E-state index contributed by atoms with van der Waals surface area (Å²) in [5, 5.41) is 3.45. The Bertz CT molecular complexity index is 932. The molecule has 0 radical (unpaired) electrons. The number of benzene rings is 2. The van der Waals surface area contributed by atoms with Crippen LogP contribution in [0.2, 0.25) is 0 Å². The predicted molar refractivity (Wildman–Crippen MR) is 112 cm³/mol. The summed E-state index contributed by atoms with van der Waals surface area (Å²) in [7, 11) is 3.10. The Labute approximate surface area is 170 Å². The molecular formula is C20H19BrN2O3S. The van der Waals surface area contributed by atoms with Crippen molar-refractivity contribution >= 4 is 38.3 Å². The monoisotopic (exact) mass is 446 g/mol. The van der Waals surface area contributed by atoms with E-state index in [1.54, 1.807) is 32.4 Å². The van der Waals surface area contributed by atoms with Gasteiger partial charge in [-0.2, -0.15) is 0 Å². The molecule has 140 valence electrons. The molecule has 0 fully saturated rings. The van der Waals surface area contributed by atoms with Crippen LogP contribution in [0.3, 0.4) is 0 Å². The molecule has 0 saturated heterocycles. The SMILES string of the molecule is CCc1sc(NC(=O)c2cc(OC)cc(OC)c2)nc1-c1ccc(Br)cc1. The number of aryl methyl sites for hydroxylation is 1. The zero-order valence-electron chi connectivity index (χ0n) is 15.2. The fourth-order valence-corrected chi connectivity index (χ4v) is 3.77. The smallest absolute Gasteiger partial charge is 0.257 e. The molecule has 0 aliphatic rings. The molecule has 1 N–H and O–H groups in total. The lowest BCUT2D eigenvalue weighted by Gasteiger charge is -2.08. The summed E-state index contributed by atoms with van der Waals surface area (Å²) >= 11 is 4.93. The van der Waals surface area contributed by atoms with Crippen LogP contribution in [-0.4, -0.2) is 25.1 Å². The van der Waals surface area contributed by atoms with Crippen LogP contribution in [0.5, 0.6) is 11.5 Å². The van der Waals surface area contributed by atoms with Crippen molar-refractivity contribution in [1.29, 1.82) is 0 Å². The largest absolute Gasteiger partial charge is 0.497 e. The average molecular weight is 447 g/mol. The summed E-state index contributed by atoms with van der Waals surface area (Å²) in [5.74, 6) is 0.859. The maximum atomic E-state index is 12.7. The Morgan fingerprint density at radius 3 is 2.30 bits per heavy atom. The van der Waals surface area contributed by atoms with Crippen LogP contribution >= 0.6 is 27.3 Å². The highest BCUT2D eigenvalue weighted by Gasteiger charge is 2.16. The van der Waals surface area contributed by atoms with Crippen molar-refractivity contribution in [2.45, 2.75) is 13.3 Å². The topological polar surface area (TPSA) is 60.5 Å². The highest BCUT2D eigenvalue weighted by Crippen LogP contribution is 2.33. The molecule has 3 rings (SSSR count). The van der Waals surface area contributed by atoms with E-state index in [4.69, 9.17) is 9.47 Å². The number of amides is 1. The van der Waals surface area contributed by atoms with E-state index >= 15 is 0 Å². The summed E-state index contributed by atoms with van der Waals surface area (Å²) in [5.41, 5.74) is 2.37. The number of carbonyl (C=O) groups excluding carboxylic acids is 1. The number of anilines is 1. The molecule has 2 aromatic carbocycles. The molecule has 0 saturated carbocycles. The molecular weight excluding hydrogens is 428 g/mol. The third kappa shape index (κ3) is 4.48. The average Bonchev–Trinajstić information content (AvgIpc) is 3.10. The molecule has 1 aromatic heterocycles. The van der Waals surface area contributed by atoms with Crippen molar-refractivity contribution in [3.05, 3.63) is 57.4 Å². The van der Waals surface area contributed by atoms with Crippen LogP contribution in [0.25, 0.3) is 11.3 Å². The lowest BCUT2D eigenvalue weighted by molar-refractivity contribution is 0.102. The van der Waals surface area contributed by atoms with Crippen LogP contribution in [0.1, 0.15) is 22.2 Å². The van der Waals surface area contributed by atoms with Crippen LogP contribution in [0.4, 0.5) is 5.13 Å². The normalized spacial score (nSPS) is 10.5. The summed E-state index contributed by atoms with van der Waals surface area (Å²) in [6.45, 7) is 2.08. The summed E-state index contributed by atoms with van der Waals surface area (Å²) < 4.78 is 11.5. The van der Waals surface area contributed by atoms with E-state index in [-0.39, 0.29) is 5.91 Å². The van der Waals surface area contributed by atoms with Crippen LogP contribution < -0.4 is 14.8 Å². The molecule has 1 heterocycles. The van der Waals surface area contributed by atoms with Gasteiger partial charge in [-0.1, -0.05) is 35.0 Å². The number of ether oxygens (including phenoxy) is 2. The van der Waals surface area contributed by atoms with Crippen molar-refractivity contribution < 1.29 is 14.3 Å². The van der Waals surface area contributed by atoms with E-state index in [0.717, 1.165) is 27.0 Å². The molecule has 0 unspecified atom stereocenters. The fraction of sp³-hybridized carbons (Fsp3) is 0.200. The van der Waals surface area contributed by atoms with E-state index in [1.165, 1.54) is 11.3 Å². The van der Waals surface area contributed by atoms with Crippen molar-refractivity contribution in [3.63, 3.8) is 0 Å². The molecule has 1 amide bonds. The molecule has 0 bridgehead atoms. The number of carbonyl (C=O) groups is 1. The zero-order chi connectivity index (χ0) is 19.4. The molecule has 27 heavy (non-hydrogen) atoms. The van der Waals surface area contributed by atoms with Gasteiger partial charge in [-0.05, 0) is 30.7 Å². The summed E-state index contributed by atoms with van der Waals surface area (Å²) in [4.78, 5) is 18.4. The summed E-state index contributed by atoms with van der Waals surface area (Å²) in [6, 6.07) is 13.0. The van der Waals surface area contributed by atoms with Crippen LogP contribution in [-0.2, 0) is 6.42 Å². The van der Waals surface area contributed by atoms with Gasteiger partial charge in [0.25, 0.3) is 5.91 Å². The number of nitrogens with one attached hydrogen (secondary N) is 1. The third-order valence-corrected chi connectivity index (χ3v) is 5.61. The number of methoxy groups -OCH3 is 2. The minimum atomic E-state index is -0.258. The minimum Gasteiger partial charge on any atom is -0.497 e. The van der Waals surface area contributed by atoms with E-state index in [0.29, 0.717) is 22.2 Å². The van der Waals surface area contributed by atoms with Gasteiger partial charge in [-0.15, -0.1) is 11.3 Å². The Kier molecular flexibility index (Phi) is 6.13. The van der Waals surface area contributed by atoms with Gasteiger partial charge in [-0.25, -0.2) is 4.98 Å². The number of aromatic nitrogens is 1. The molecule has 7 heteroatoms. The highest BCUT2D eigenvalue weighted by molar-refractivity contribution is 9.10. The zero-order valence-corrected chi connectivity index (χ0v) is 17.6. The van der Waals surface area contributed by atoms with Gasteiger partial charge < -0.3 is 9.47 Å². The van der Waals surface area contributed by atoms with Crippen molar-refractivity contribution in [1.82, 2.24) is 4.98 Å². The van der Waals surface area contributed by atoms with Crippen molar-refractivity contribution in [3.8, 4) is 22.8 Å². The predicted octanol–water partition coefficient (Wildman–Crippen LogP) is 5.40. The van der Waals surface area contributed by atoms with Crippen molar-refractivity contribution in [2.24, 2.45) is 0 Å². The van der Waals surface area contributed by atoms with Gasteiger partial charge in [0.1, 0.15) is 11.5 Å². The second-order valence-electron chi connectivity index (χ2n) is 5.71. The standard InChI is InChI=1S/C20H19BrN2O3S/c1-4-17-18(12-5-7-14(21)8-6-12)22-20(27-17)23-19(24)13-9-15(25-2)11-16(10-13)26-3/h5-11H,4H2,1-3H3,(H,22,23,24). The first-order chi connectivity index (χ1) is 13.0. The molecule has 0 aliphatic heterocycles. The number of hydrogen-bond acceptors (Lipinski definition) is 5. The fourth-order valence-electron chi connectivity index (χ4n) is 2.59. The van der Waals surface area contributed by atoms with Gasteiger partial charge in [-0.3, -0.25) is 10.1 Å². The quantitative estimate of drug-likeness (QED) is 0.550. The van der Waals surface area contributed by atoms with Gasteiger partial charge in [0.2, 0.25) is 0 Å². The van der Waals surface area contributed by atoms with Gasteiger partial charge in [0.05, 0.1) is 19.9 Å². The number of thiazole rings is 1. The Morgan fingerprint density at radius 2 is 1.74 bits per heavy atom. The Hall–Kier alpha value is -2.38. The maximum Gasteiger partial charge on any atom is 0.257 e. The lowest BCUT2D eigenvalue weighted by Crippen LogP contribution is -2.12. The minimum absolute atomic E-state index is 0.258. The number of rotatable bonds is 6. The van der Waals surface area contributed by atoms with Gasteiger partial charge >= 0.3 is 0 Å². The first-order valence-corrected chi connectivity index (χ1v) is 9.95. The number of hydrogen-bond donors (Lipinski definition) is 1. The first-order valence-electron chi connectivity index (χ1n) is 8.34. The molecule has 0 aliphatic carbocycles. The van der Waals surface area contributed by atoms with E-state index < -0.39 is 0 Å². The second-order valence-corrected chi connectivity index (χ2v) is 7.71. The van der Waals surface area contributed by atoms with Crippen LogP contribution in [0, 0.1) is 0 Å². The van der Waals surface area contributed by atoms with Crippen molar-refractivity contribution in [2.75, 3.05) is 19.5 Å². The van der Waals surface area contributed by atoms with Crippen LogP contribution in [0.15, 0.2) is 46.9 Å². The molecule has 5 nitrogen and oxygen atoms in total. The number of nitrogens with zero attached hydrogens (tertiary/aromatic N) is 1. The molecule has 3 aromatic rings. The van der Waals surface area contributed by atoms with E-state index in [2.05, 4.69) is 33.2 Å². The van der Waals surface area contributed by atoms with E-state index in [9.17, 15) is 4.79 Å².